The molecule has 0 unspecified atom stereocenters. The summed E-state index contributed by atoms with van der Waals surface area (Å²) in [5.41, 5.74) is 1.90. The Bertz CT molecular complexity index is 973. The van der Waals surface area contributed by atoms with Gasteiger partial charge in [0.1, 0.15) is 5.69 Å². The lowest BCUT2D eigenvalue weighted by Gasteiger charge is -2.00. The zero-order valence-electron chi connectivity index (χ0n) is 13.4. The highest BCUT2D eigenvalue weighted by molar-refractivity contribution is 7.20. The highest BCUT2D eigenvalue weighted by Crippen LogP contribution is 2.25. The topological polar surface area (TPSA) is 59.8 Å². The lowest BCUT2D eigenvalue weighted by Crippen LogP contribution is -2.21. The molecule has 2 heterocycles. The summed E-state index contributed by atoms with van der Waals surface area (Å²) in [5.74, 6) is -0.0844. The molecular weight excluding hydrogens is 332 g/mol. The van der Waals surface area contributed by atoms with Gasteiger partial charge in [-0.05, 0) is 23.1 Å². The summed E-state index contributed by atoms with van der Waals surface area (Å²) in [7, 11) is 0. The number of hydrogen-bond acceptors (Lipinski definition) is 4. The van der Waals surface area contributed by atoms with Crippen LogP contribution < -0.4 is 5.32 Å². The third-order valence-corrected chi connectivity index (χ3v) is 4.97. The number of fused-ring (bicyclic) bond motifs is 1. The molecule has 0 aliphatic heterocycles. The van der Waals surface area contributed by atoms with Crippen molar-refractivity contribution in [2.45, 2.75) is 13.1 Å². The predicted octanol–water partition coefficient (Wildman–Crippen LogP) is 3.47. The van der Waals surface area contributed by atoms with Gasteiger partial charge in [-0.1, -0.05) is 53.7 Å². The van der Waals surface area contributed by atoms with E-state index in [2.05, 4.69) is 15.6 Å². The van der Waals surface area contributed by atoms with Gasteiger partial charge in [0.2, 0.25) is 0 Å². The van der Waals surface area contributed by atoms with Crippen LogP contribution in [0.4, 0.5) is 0 Å². The van der Waals surface area contributed by atoms with Crippen LogP contribution in [0.3, 0.4) is 0 Å². The summed E-state index contributed by atoms with van der Waals surface area (Å²) in [6, 6.07) is 20.0. The van der Waals surface area contributed by atoms with Crippen molar-refractivity contribution < 1.29 is 4.79 Å². The lowest BCUT2D eigenvalue weighted by molar-refractivity contribution is 0.0954. The van der Waals surface area contributed by atoms with Crippen molar-refractivity contribution in [3.8, 4) is 0 Å². The molecule has 2 aromatic carbocycles. The average Bonchev–Trinajstić information content (AvgIpc) is 3.27. The van der Waals surface area contributed by atoms with Gasteiger partial charge >= 0.3 is 0 Å². The van der Waals surface area contributed by atoms with E-state index in [-0.39, 0.29) is 5.91 Å². The molecule has 1 amide bonds. The van der Waals surface area contributed by atoms with Gasteiger partial charge in [-0.3, -0.25) is 4.79 Å². The van der Waals surface area contributed by atoms with Crippen molar-refractivity contribution in [3.63, 3.8) is 0 Å². The molecule has 0 spiro atoms. The molecule has 25 heavy (non-hydrogen) atoms. The number of aromatic nitrogens is 3. The molecule has 0 atom stereocenters. The summed E-state index contributed by atoms with van der Waals surface area (Å²) < 4.78 is 2.89. The highest BCUT2D eigenvalue weighted by atomic mass is 32.1. The fraction of sp³-hybridized carbons (Fsp3) is 0.105. The van der Waals surface area contributed by atoms with Gasteiger partial charge in [-0.25, -0.2) is 4.68 Å². The van der Waals surface area contributed by atoms with Crippen LogP contribution >= 0.6 is 11.3 Å². The van der Waals surface area contributed by atoms with Crippen molar-refractivity contribution in [2.24, 2.45) is 0 Å². The first kappa shape index (κ1) is 15.5. The number of hydrogen-bond donors (Lipinski definition) is 1. The summed E-state index contributed by atoms with van der Waals surface area (Å²) in [6.07, 6.45) is 1.86. The molecular formula is C19H16N4OS. The van der Waals surface area contributed by atoms with E-state index in [0.717, 1.165) is 21.3 Å². The largest absolute Gasteiger partial charge is 0.346 e. The van der Waals surface area contributed by atoms with E-state index in [1.165, 1.54) is 11.3 Å². The number of amides is 1. The second-order valence-corrected chi connectivity index (χ2v) is 6.81. The number of benzene rings is 2. The Labute approximate surface area is 148 Å². The number of rotatable bonds is 5. The molecule has 0 aliphatic rings. The van der Waals surface area contributed by atoms with Crippen LogP contribution in [0.5, 0.6) is 0 Å². The highest BCUT2D eigenvalue weighted by Gasteiger charge is 2.10. The summed E-state index contributed by atoms with van der Waals surface area (Å²) in [5, 5.41) is 12.2. The van der Waals surface area contributed by atoms with Gasteiger partial charge in [0, 0.05) is 4.70 Å². The molecule has 5 nitrogen and oxygen atoms in total. The Morgan fingerprint density at radius 1 is 1.08 bits per heavy atom. The standard InChI is InChI=1S/C19H16N4OS/c24-19(18-10-15-8-4-5-9-17(15)25-18)20-11-16-13-23(22-21-16)12-14-6-2-1-3-7-14/h1-10,13H,11-12H2,(H,20,24). The van der Waals surface area contributed by atoms with Crippen molar-refractivity contribution in [1.82, 2.24) is 20.3 Å². The van der Waals surface area contributed by atoms with Crippen molar-refractivity contribution in [3.05, 3.63) is 83.0 Å². The molecule has 0 aliphatic carbocycles. The number of nitrogens with one attached hydrogen (secondary N) is 1. The van der Waals surface area contributed by atoms with Crippen LogP contribution in [-0.2, 0) is 13.1 Å². The molecule has 2 aromatic heterocycles. The Morgan fingerprint density at radius 2 is 1.88 bits per heavy atom. The quantitative estimate of drug-likeness (QED) is 0.601. The Hall–Kier alpha value is -2.99. The smallest absolute Gasteiger partial charge is 0.261 e. The van der Waals surface area contributed by atoms with Crippen LogP contribution in [0.1, 0.15) is 20.9 Å². The molecule has 4 aromatic rings. The zero-order valence-corrected chi connectivity index (χ0v) is 14.2. The number of nitrogens with zero attached hydrogens (tertiary/aromatic N) is 3. The molecule has 0 saturated carbocycles. The van der Waals surface area contributed by atoms with Crippen molar-refractivity contribution in [1.29, 1.82) is 0 Å². The van der Waals surface area contributed by atoms with Gasteiger partial charge in [0.15, 0.2) is 0 Å². The van der Waals surface area contributed by atoms with Crippen LogP contribution in [0.15, 0.2) is 66.9 Å². The Morgan fingerprint density at radius 3 is 2.72 bits per heavy atom. The normalized spacial score (nSPS) is 10.9. The number of carbonyl (C=O) groups is 1. The van der Waals surface area contributed by atoms with E-state index >= 15 is 0 Å². The molecule has 0 fully saturated rings. The second-order valence-electron chi connectivity index (χ2n) is 5.72. The first-order valence-electron chi connectivity index (χ1n) is 7.98. The van der Waals surface area contributed by atoms with Crippen LogP contribution in [0.25, 0.3) is 10.1 Å². The predicted molar refractivity (Wildman–Crippen MR) is 98.6 cm³/mol. The van der Waals surface area contributed by atoms with E-state index < -0.39 is 0 Å². The van der Waals surface area contributed by atoms with Gasteiger partial charge in [-0.15, -0.1) is 16.4 Å². The van der Waals surface area contributed by atoms with Crippen molar-refractivity contribution >= 4 is 27.3 Å². The molecule has 0 bridgehead atoms. The molecule has 1 N–H and O–H groups in total. The number of thiophene rings is 1. The van der Waals surface area contributed by atoms with Crippen LogP contribution in [-0.4, -0.2) is 20.9 Å². The molecule has 0 saturated heterocycles. The maximum absolute atomic E-state index is 12.3. The maximum Gasteiger partial charge on any atom is 0.261 e. The fourth-order valence-corrected chi connectivity index (χ4v) is 3.60. The average molecular weight is 348 g/mol. The SMILES string of the molecule is O=C(NCc1cn(Cc2ccccc2)nn1)c1cc2ccccc2s1. The van der Waals surface area contributed by atoms with E-state index in [9.17, 15) is 4.79 Å². The van der Waals surface area contributed by atoms with Gasteiger partial charge in [0.05, 0.1) is 24.2 Å². The minimum atomic E-state index is -0.0844. The monoisotopic (exact) mass is 348 g/mol. The molecule has 4 rings (SSSR count). The zero-order chi connectivity index (χ0) is 17.1. The third-order valence-electron chi connectivity index (χ3n) is 3.85. The lowest BCUT2D eigenvalue weighted by atomic mass is 10.2. The summed E-state index contributed by atoms with van der Waals surface area (Å²) in [4.78, 5) is 13.0. The fourth-order valence-electron chi connectivity index (χ4n) is 2.62. The number of carbonyl (C=O) groups excluding carboxylic acids is 1. The molecule has 0 radical (unpaired) electrons. The Balaban J connectivity index is 1.39. The van der Waals surface area contributed by atoms with Crippen LogP contribution in [0.2, 0.25) is 0 Å². The summed E-state index contributed by atoms with van der Waals surface area (Å²) >= 11 is 1.49. The van der Waals surface area contributed by atoms with Gasteiger partial charge < -0.3 is 5.32 Å². The van der Waals surface area contributed by atoms with E-state index in [1.54, 1.807) is 4.68 Å². The minimum absolute atomic E-state index is 0.0844. The van der Waals surface area contributed by atoms with E-state index in [1.807, 2.05) is 66.9 Å². The first-order chi connectivity index (χ1) is 12.3. The third kappa shape index (κ3) is 3.59. The molecule has 6 heteroatoms. The minimum Gasteiger partial charge on any atom is -0.346 e. The summed E-state index contributed by atoms with van der Waals surface area (Å²) in [6.45, 7) is 1.03. The van der Waals surface area contributed by atoms with Crippen molar-refractivity contribution in [2.75, 3.05) is 0 Å². The second kappa shape index (κ2) is 6.86. The molecule has 124 valence electrons. The first-order valence-corrected chi connectivity index (χ1v) is 8.79. The Kier molecular flexibility index (Phi) is 4.26. The van der Waals surface area contributed by atoms with Gasteiger partial charge in [-0.2, -0.15) is 0 Å². The van der Waals surface area contributed by atoms with Crippen LogP contribution in [0, 0.1) is 0 Å². The van der Waals surface area contributed by atoms with Gasteiger partial charge in [0.25, 0.3) is 5.91 Å². The van der Waals surface area contributed by atoms with E-state index in [4.69, 9.17) is 0 Å². The maximum atomic E-state index is 12.3. The van der Waals surface area contributed by atoms with E-state index in [0.29, 0.717) is 18.0 Å².